The number of fused-ring (bicyclic) bond motifs is 1. The summed E-state index contributed by atoms with van der Waals surface area (Å²) in [6.07, 6.45) is 3.20. The Bertz CT molecular complexity index is 950. The lowest BCUT2D eigenvalue weighted by atomic mass is 10.1. The highest BCUT2D eigenvalue weighted by atomic mass is 16.3. The number of hydrogen-bond acceptors (Lipinski definition) is 3. The van der Waals surface area contributed by atoms with Crippen LogP contribution in [0.3, 0.4) is 0 Å². The third kappa shape index (κ3) is 3.47. The van der Waals surface area contributed by atoms with Crippen molar-refractivity contribution in [1.29, 1.82) is 0 Å². The third-order valence-corrected chi connectivity index (χ3v) is 4.17. The van der Waals surface area contributed by atoms with Crippen LogP contribution in [0.4, 0.5) is 10.5 Å². The van der Waals surface area contributed by atoms with Gasteiger partial charge < -0.3 is 19.1 Å². The summed E-state index contributed by atoms with van der Waals surface area (Å²) < 4.78 is 10.8. The molecular weight excluding hydrogens is 328 g/mol. The molecule has 0 radical (unpaired) electrons. The summed E-state index contributed by atoms with van der Waals surface area (Å²) in [5, 5.41) is 5.09. The molecule has 2 amide bonds. The van der Waals surface area contributed by atoms with E-state index < -0.39 is 0 Å². The van der Waals surface area contributed by atoms with Crippen LogP contribution in [0.1, 0.15) is 11.5 Å². The summed E-state index contributed by atoms with van der Waals surface area (Å²) in [6.45, 7) is 0.703. The molecule has 0 bridgehead atoms. The Morgan fingerprint density at radius 3 is 2.12 bits per heavy atom. The molecular formula is C21H18N2O3. The molecule has 26 heavy (non-hydrogen) atoms. The zero-order chi connectivity index (χ0) is 17.8. The molecule has 2 aromatic heterocycles. The molecule has 5 nitrogen and oxygen atoms in total. The van der Waals surface area contributed by atoms with Crippen LogP contribution in [0.15, 0.2) is 88.1 Å². The zero-order valence-corrected chi connectivity index (χ0v) is 14.1. The first kappa shape index (κ1) is 16.0. The molecule has 0 aliphatic carbocycles. The summed E-state index contributed by atoms with van der Waals surface area (Å²) in [6, 6.07) is 20.9. The second-order valence-electron chi connectivity index (χ2n) is 5.97. The smallest absolute Gasteiger partial charge is 0.322 e. The van der Waals surface area contributed by atoms with Crippen LogP contribution < -0.4 is 5.32 Å². The summed E-state index contributed by atoms with van der Waals surface area (Å²) in [5.74, 6) is 1.43. The average Bonchev–Trinajstić information content (AvgIpc) is 3.35. The standard InChI is InChI=1S/C21H18N2O3/c24-21(22-20-11-3-7-16-6-1-2-10-19(16)20)23(14-17-8-4-12-25-17)15-18-9-5-13-26-18/h1-13H,14-15H2,(H,22,24). The zero-order valence-electron chi connectivity index (χ0n) is 14.1. The number of carbonyl (C=O) groups excluding carboxylic acids is 1. The molecule has 130 valence electrons. The van der Waals surface area contributed by atoms with Crippen molar-refractivity contribution in [2.24, 2.45) is 0 Å². The highest BCUT2D eigenvalue weighted by Gasteiger charge is 2.18. The minimum Gasteiger partial charge on any atom is -0.467 e. The Hall–Kier alpha value is -3.47. The van der Waals surface area contributed by atoms with Gasteiger partial charge in [-0.1, -0.05) is 36.4 Å². The SMILES string of the molecule is O=C(Nc1cccc2ccccc12)N(Cc1ccco1)Cc1ccco1. The first-order chi connectivity index (χ1) is 12.8. The van der Waals surface area contributed by atoms with Crippen molar-refractivity contribution in [2.75, 3.05) is 5.32 Å². The molecule has 4 aromatic rings. The maximum atomic E-state index is 12.9. The normalized spacial score (nSPS) is 10.8. The number of urea groups is 1. The lowest BCUT2D eigenvalue weighted by molar-refractivity contribution is 0.196. The third-order valence-electron chi connectivity index (χ3n) is 4.17. The number of amides is 2. The van der Waals surface area contributed by atoms with Crippen LogP contribution in [0.25, 0.3) is 10.8 Å². The minimum absolute atomic E-state index is 0.214. The maximum Gasteiger partial charge on any atom is 0.322 e. The van der Waals surface area contributed by atoms with Crippen molar-refractivity contribution in [3.05, 3.63) is 90.8 Å². The van der Waals surface area contributed by atoms with E-state index in [1.54, 1.807) is 17.4 Å². The highest BCUT2D eigenvalue weighted by molar-refractivity contribution is 6.01. The Kier molecular flexibility index (Phi) is 4.43. The maximum absolute atomic E-state index is 12.9. The number of benzene rings is 2. The van der Waals surface area contributed by atoms with E-state index in [0.29, 0.717) is 24.6 Å². The number of furan rings is 2. The van der Waals surface area contributed by atoms with Crippen molar-refractivity contribution >= 4 is 22.5 Å². The van der Waals surface area contributed by atoms with Gasteiger partial charge in [-0.3, -0.25) is 0 Å². The molecule has 4 rings (SSSR count). The minimum atomic E-state index is -0.214. The highest BCUT2D eigenvalue weighted by Crippen LogP contribution is 2.24. The number of carbonyl (C=O) groups is 1. The number of hydrogen-bond donors (Lipinski definition) is 1. The van der Waals surface area contributed by atoms with Gasteiger partial charge in [0.15, 0.2) is 0 Å². The van der Waals surface area contributed by atoms with Gasteiger partial charge in [-0.15, -0.1) is 0 Å². The van der Waals surface area contributed by atoms with Gasteiger partial charge in [-0.2, -0.15) is 0 Å². The number of nitrogens with one attached hydrogen (secondary N) is 1. The predicted molar refractivity (Wildman–Crippen MR) is 99.6 cm³/mol. The van der Waals surface area contributed by atoms with Crippen LogP contribution in [0, 0.1) is 0 Å². The monoisotopic (exact) mass is 346 g/mol. The molecule has 2 aromatic carbocycles. The fourth-order valence-corrected chi connectivity index (χ4v) is 2.91. The van der Waals surface area contributed by atoms with Crippen molar-refractivity contribution in [3.63, 3.8) is 0 Å². The van der Waals surface area contributed by atoms with Gasteiger partial charge in [-0.05, 0) is 35.7 Å². The molecule has 0 aliphatic rings. The lowest BCUT2D eigenvalue weighted by Gasteiger charge is -2.21. The van der Waals surface area contributed by atoms with Gasteiger partial charge in [0, 0.05) is 5.39 Å². The molecule has 1 N–H and O–H groups in total. The molecule has 0 saturated heterocycles. The van der Waals surface area contributed by atoms with E-state index in [0.717, 1.165) is 16.5 Å². The van der Waals surface area contributed by atoms with Crippen molar-refractivity contribution in [2.45, 2.75) is 13.1 Å². The predicted octanol–water partition coefficient (Wildman–Crippen LogP) is 5.26. The molecule has 0 aliphatic heterocycles. The fourth-order valence-electron chi connectivity index (χ4n) is 2.91. The van der Waals surface area contributed by atoms with Crippen molar-refractivity contribution in [1.82, 2.24) is 4.90 Å². The van der Waals surface area contributed by atoms with Gasteiger partial charge >= 0.3 is 6.03 Å². The lowest BCUT2D eigenvalue weighted by Crippen LogP contribution is -2.33. The van der Waals surface area contributed by atoms with E-state index in [1.165, 1.54) is 0 Å². The summed E-state index contributed by atoms with van der Waals surface area (Å²) in [5.41, 5.74) is 0.775. The van der Waals surface area contributed by atoms with Crippen LogP contribution in [-0.4, -0.2) is 10.9 Å². The summed E-state index contributed by atoms with van der Waals surface area (Å²) in [7, 11) is 0. The fraction of sp³-hybridized carbons (Fsp3) is 0.0952. The number of anilines is 1. The molecule has 0 unspecified atom stereocenters. The first-order valence-corrected chi connectivity index (χ1v) is 8.38. The van der Waals surface area contributed by atoms with Crippen LogP contribution in [0.2, 0.25) is 0 Å². The Balaban J connectivity index is 1.58. The van der Waals surface area contributed by atoms with Gasteiger partial charge in [0.25, 0.3) is 0 Å². The Morgan fingerprint density at radius 2 is 1.46 bits per heavy atom. The molecule has 0 spiro atoms. The van der Waals surface area contributed by atoms with Gasteiger partial charge in [-0.25, -0.2) is 4.79 Å². The molecule has 0 fully saturated rings. The number of rotatable bonds is 5. The van der Waals surface area contributed by atoms with E-state index >= 15 is 0 Å². The van der Waals surface area contributed by atoms with Crippen LogP contribution in [-0.2, 0) is 13.1 Å². The van der Waals surface area contributed by atoms with Crippen molar-refractivity contribution in [3.8, 4) is 0 Å². The van der Waals surface area contributed by atoms with E-state index in [1.807, 2.05) is 66.7 Å². The average molecular weight is 346 g/mol. The Labute approximate surface area is 150 Å². The van der Waals surface area contributed by atoms with Crippen LogP contribution in [0.5, 0.6) is 0 Å². The van der Waals surface area contributed by atoms with Gasteiger partial charge in [0.1, 0.15) is 11.5 Å². The number of nitrogens with zero attached hydrogens (tertiary/aromatic N) is 1. The van der Waals surface area contributed by atoms with Gasteiger partial charge in [0.2, 0.25) is 0 Å². The van der Waals surface area contributed by atoms with Crippen LogP contribution >= 0.6 is 0 Å². The molecule has 2 heterocycles. The quantitative estimate of drug-likeness (QED) is 0.536. The van der Waals surface area contributed by atoms with E-state index in [-0.39, 0.29) is 6.03 Å². The first-order valence-electron chi connectivity index (χ1n) is 8.38. The van der Waals surface area contributed by atoms with E-state index in [9.17, 15) is 4.79 Å². The molecule has 5 heteroatoms. The molecule has 0 atom stereocenters. The van der Waals surface area contributed by atoms with Gasteiger partial charge in [0.05, 0.1) is 31.3 Å². The van der Waals surface area contributed by atoms with Crippen molar-refractivity contribution < 1.29 is 13.6 Å². The largest absolute Gasteiger partial charge is 0.467 e. The second kappa shape index (κ2) is 7.19. The summed E-state index contributed by atoms with van der Waals surface area (Å²) >= 11 is 0. The van der Waals surface area contributed by atoms with E-state index in [2.05, 4.69) is 5.32 Å². The van der Waals surface area contributed by atoms with E-state index in [4.69, 9.17) is 8.83 Å². The second-order valence-corrected chi connectivity index (χ2v) is 5.97. The Morgan fingerprint density at radius 1 is 0.808 bits per heavy atom. The summed E-state index contributed by atoms with van der Waals surface area (Å²) in [4.78, 5) is 14.6. The topological polar surface area (TPSA) is 58.6 Å². The molecule has 0 saturated carbocycles.